The molecule has 0 saturated carbocycles. The average molecular weight is 404 g/mol. The topological polar surface area (TPSA) is 44.1 Å². The third kappa shape index (κ3) is 3.07. The molecule has 24 heavy (non-hydrogen) atoms. The Kier molecular flexibility index (Phi) is 4.93. The van der Waals surface area contributed by atoms with Gasteiger partial charge >= 0.3 is 0 Å². The lowest BCUT2D eigenvalue weighted by molar-refractivity contribution is -0.133. The first-order chi connectivity index (χ1) is 11.5. The van der Waals surface area contributed by atoms with Crippen LogP contribution in [-0.4, -0.2) is 17.4 Å². The van der Waals surface area contributed by atoms with Gasteiger partial charge < -0.3 is 4.90 Å². The highest BCUT2D eigenvalue weighted by Crippen LogP contribution is 2.34. The zero-order valence-electron chi connectivity index (χ0n) is 13.2. The SMILES string of the molecule is C[C@H]1c2cccc(Br)c2CCN1C(=O)Cc1c(Cl)cccc1C#N. The van der Waals surface area contributed by atoms with Crippen molar-refractivity contribution in [3.63, 3.8) is 0 Å². The first-order valence-electron chi connectivity index (χ1n) is 7.77. The van der Waals surface area contributed by atoms with E-state index in [9.17, 15) is 10.1 Å². The van der Waals surface area contributed by atoms with Gasteiger partial charge in [0.2, 0.25) is 5.91 Å². The minimum absolute atomic E-state index is 0.00211. The zero-order chi connectivity index (χ0) is 17.3. The molecule has 0 fully saturated rings. The summed E-state index contributed by atoms with van der Waals surface area (Å²) in [5.74, 6) is -0.00211. The van der Waals surface area contributed by atoms with Gasteiger partial charge in [-0.05, 0) is 48.2 Å². The Labute approximate surface area is 155 Å². The van der Waals surface area contributed by atoms with Crippen molar-refractivity contribution >= 4 is 33.4 Å². The van der Waals surface area contributed by atoms with Gasteiger partial charge in [0, 0.05) is 16.0 Å². The Morgan fingerprint density at radius 1 is 1.38 bits per heavy atom. The molecule has 2 aromatic carbocycles. The van der Waals surface area contributed by atoms with Gasteiger partial charge in [-0.1, -0.05) is 45.7 Å². The molecule has 0 aliphatic carbocycles. The molecule has 1 atom stereocenters. The quantitative estimate of drug-likeness (QED) is 0.732. The second-order valence-electron chi connectivity index (χ2n) is 5.88. The molecule has 3 nitrogen and oxygen atoms in total. The van der Waals surface area contributed by atoms with E-state index in [0.717, 1.165) is 10.9 Å². The molecule has 0 radical (unpaired) electrons. The number of rotatable bonds is 2. The Bertz CT molecular complexity index is 844. The van der Waals surface area contributed by atoms with Crippen LogP contribution in [0.25, 0.3) is 0 Å². The first-order valence-corrected chi connectivity index (χ1v) is 8.94. The molecule has 2 aromatic rings. The van der Waals surface area contributed by atoms with Crippen molar-refractivity contribution in [2.75, 3.05) is 6.54 Å². The number of benzene rings is 2. The number of nitriles is 1. The van der Waals surface area contributed by atoms with Crippen molar-refractivity contribution in [3.8, 4) is 6.07 Å². The molecule has 0 aromatic heterocycles. The van der Waals surface area contributed by atoms with Crippen LogP contribution < -0.4 is 0 Å². The molecular formula is C19H16BrClN2O. The number of nitrogens with zero attached hydrogens (tertiary/aromatic N) is 2. The standard InChI is InChI=1S/C19H16BrClN2O/c1-12-14-5-3-6-17(20)15(14)8-9-23(12)19(24)10-16-13(11-22)4-2-7-18(16)21/h2-7,12H,8-10H2,1H3/t12-/m0/s1. The third-order valence-corrected chi connectivity index (χ3v) is 5.66. The predicted octanol–water partition coefficient (Wildman–Crippen LogP) is 4.66. The van der Waals surface area contributed by atoms with Gasteiger partial charge in [-0.15, -0.1) is 0 Å². The van der Waals surface area contributed by atoms with Crippen molar-refractivity contribution in [2.24, 2.45) is 0 Å². The monoisotopic (exact) mass is 402 g/mol. The smallest absolute Gasteiger partial charge is 0.227 e. The van der Waals surface area contributed by atoms with Crippen LogP contribution in [0.15, 0.2) is 40.9 Å². The van der Waals surface area contributed by atoms with Crippen LogP contribution in [0.4, 0.5) is 0 Å². The zero-order valence-corrected chi connectivity index (χ0v) is 15.6. The van der Waals surface area contributed by atoms with E-state index in [2.05, 4.69) is 28.1 Å². The highest BCUT2D eigenvalue weighted by Gasteiger charge is 2.29. The largest absolute Gasteiger partial charge is 0.335 e. The molecular weight excluding hydrogens is 388 g/mol. The van der Waals surface area contributed by atoms with E-state index in [1.165, 1.54) is 11.1 Å². The average Bonchev–Trinajstić information content (AvgIpc) is 2.57. The number of hydrogen-bond acceptors (Lipinski definition) is 2. The molecule has 5 heteroatoms. The summed E-state index contributed by atoms with van der Waals surface area (Å²) in [5, 5.41) is 9.71. The number of amides is 1. The minimum Gasteiger partial charge on any atom is -0.335 e. The van der Waals surface area contributed by atoms with Gasteiger partial charge in [-0.3, -0.25) is 4.79 Å². The Morgan fingerprint density at radius 2 is 2.12 bits per heavy atom. The van der Waals surface area contributed by atoms with Crippen LogP contribution in [0.3, 0.4) is 0 Å². The number of halogens is 2. The van der Waals surface area contributed by atoms with Crippen LogP contribution in [0.5, 0.6) is 0 Å². The second-order valence-corrected chi connectivity index (χ2v) is 7.14. The number of carbonyl (C=O) groups is 1. The molecule has 0 N–H and O–H groups in total. The van der Waals surface area contributed by atoms with E-state index in [-0.39, 0.29) is 18.4 Å². The summed E-state index contributed by atoms with van der Waals surface area (Å²) in [4.78, 5) is 14.7. The molecule has 0 spiro atoms. The Balaban J connectivity index is 1.86. The van der Waals surface area contributed by atoms with Crippen molar-refractivity contribution in [1.29, 1.82) is 5.26 Å². The maximum absolute atomic E-state index is 12.8. The molecule has 1 aliphatic heterocycles. The summed E-state index contributed by atoms with van der Waals surface area (Å²) < 4.78 is 1.09. The van der Waals surface area contributed by atoms with E-state index >= 15 is 0 Å². The van der Waals surface area contributed by atoms with Crippen LogP contribution in [-0.2, 0) is 17.6 Å². The lowest BCUT2D eigenvalue weighted by Gasteiger charge is -2.36. The van der Waals surface area contributed by atoms with Crippen molar-refractivity contribution in [2.45, 2.75) is 25.8 Å². The summed E-state index contributed by atoms with van der Waals surface area (Å²) in [7, 11) is 0. The van der Waals surface area contributed by atoms with Gasteiger partial charge in [0.25, 0.3) is 0 Å². The van der Waals surface area contributed by atoms with Gasteiger partial charge in [-0.25, -0.2) is 0 Å². The van der Waals surface area contributed by atoms with Gasteiger partial charge in [0.1, 0.15) is 0 Å². The molecule has 122 valence electrons. The molecule has 0 unspecified atom stereocenters. The number of hydrogen-bond donors (Lipinski definition) is 0. The van der Waals surface area contributed by atoms with E-state index in [1.54, 1.807) is 18.2 Å². The van der Waals surface area contributed by atoms with E-state index < -0.39 is 0 Å². The number of carbonyl (C=O) groups excluding carboxylic acids is 1. The fraction of sp³-hybridized carbons (Fsp3) is 0.263. The van der Waals surface area contributed by atoms with Crippen LogP contribution in [0.1, 0.15) is 35.2 Å². The molecule has 3 rings (SSSR count). The first kappa shape index (κ1) is 17.0. The molecule has 1 amide bonds. The van der Waals surface area contributed by atoms with Crippen molar-refractivity contribution < 1.29 is 4.79 Å². The summed E-state index contributed by atoms with van der Waals surface area (Å²) in [6, 6.07) is 13.4. The Morgan fingerprint density at radius 3 is 2.88 bits per heavy atom. The molecule has 1 aliphatic rings. The third-order valence-electron chi connectivity index (χ3n) is 4.56. The summed E-state index contributed by atoms with van der Waals surface area (Å²) in [6.45, 7) is 2.71. The lowest BCUT2D eigenvalue weighted by Crippen LogP contribution is -2.40. The molecule has 0 saturated heterocycles. The lowest BCUT2D eigenvalue weighted by atomic mass is 9.93. The highest BCUT2D eigenvalue weighted by atomic mass is 79.9. The fourth-order valence-electron chi connectivity index (χ4n) is 3.26. The number of fused-ring (bicyclic) bond motifs is 1. The maximum atomic E-state index is 12.8. The van der Waals surface area contributed by atoms with Crippen LogP contribution in [0.2, 0.25) is 5.02 Å². The van der Waals surface area contributed by atoms with Crippen LogP contribution >= 0.6 is 27.5 Å². The van der Waals surface area contributed by atoms with Crippen LogP contribution in [0, 0.1) is 11.3 Å². The molecule has 1 heterocycles. The van der Waals surface area contributed by atoms with E-state index in [4.69, 9.17) is 11.6 Å². The fourth-order valence-corrected chi connectivity index (χ4v) is 4.08. The summed E-state index contributed by atoms with van der Waals surface area (Å²) in [6.07, 6.45) is 0.969. The summed E-state index contributed by atoms with van der Waals surface area (Å²) in [5.41, 5.74) is 3.51. The van der Waals surface area contributed by atoms with Gasteiger partial charge in [0.05, 0.1) is 24.1 Å². The maximum Gasteiger partial charge on any atom is 0.227 e. The van der Waals surface area contributed by atoms with Crippen molar-refractivity contribution in [3.05, 3.63) is 68.1 Å². The minimum atomic E-state index is -0.00211. The Hall–Kier alpha value is -1.83. The van der Waals surface area contributed by atoms with E-state index in [1.807, 2.05) is 24.0 Å². The van der Waals surface area contributed by atoms with Gasteiger partial charge in [-0.2, -0.15) is 5.26 Å². The second kappa shape index (κ2) is 6.96. The highest BCUT2D eigenvalue weighted by molar-refractivity contribution is 9.10. The predicted molar refractivity (Wildman–Crippen MR) is 97.8 cm³/mol. The van der Waals surface area contributed by atoms with Crippen molar-refractivity contribution in [1.82, 2.24) is 4.90 Å². The molecule has 0 bridgehead atoms. The van der Waals surface area contributed by atoms with Gasteiger partial charge in [0.15, 0.2) is 0 Å². The van der Waals surface area contributed by atoms with E-state index in [0.29, 0.717) is 22.7 Å². The summed E-state index contributed by atoms with van der Waals surface area (Å²) >= 11 is 9.79. The normalized spacial score (nSPS) is 16.4.